The van der Waals surface area contributed by atoms with Crippen LogP contribution in [0.15, 0.2) is 53.8 Å². The lowest BCUT2D eigenvalue weighted by molar-refractivity contribution is 0.245. The average Bonchev–Trinajstić information content (AvgIpc) is 3.23. The largest absolute Gasteiger partial charge is 0.356 e. The van der Waals surface area contributed by atoms with Crippen LogP contribution < -0.4 is 10.6 Å². The molecule has 0 spiro atoms. The van der Waals surface area contributed by atoms with Crippen LogP contribution in [0.25, 0.3) is 0 Å². The minimum atomic E-state index is 0.384. The van der Waals surface area contributed by atoms with Crippen LogP contribution in [0.5, 0.6) is 0 Å². The van der Waals surface area contributed by atoms with Crippen LogP contribution in [-0.2, 0) is 6.42 Å². The maximum atomic E-state index is 4.40. The third-order valence-electron chi connectivity index (χ3n) is 5.28. The Hall–Kier alpha value is -2.40. The van der Waals surface area contributed by atoms with Crippen LogP contribution in [0.4, 0.5) is 0 Å². The van der Waals surface area contributed by atoms with Crippen molar-refractivity contribution in [1.29, 1.82) is 0 Å². The Morgan fingerprint density at radius 1 is 1.15 bits per heavy atom. The van der Waals surface area contributed by atoms with Crippen molar-refractivity contribution in [3.05, 3.63) is 65.5 Å². The number of guanidine groups is 1. The molecule has 5 heteroatoms. The summed E-state index contributed by atoms with van der Waals surface area (Å²) in [6.07, 6.45) is 7.32. The Labute approximate surface area is 162 Å². The topological polar surface area (TPSA) is 52.6 Å². The molecule has 1 saturated heterocycles. The predicted molar refractivity (Wildman–Crippen MR) is 112 cm³/mol. The van der Waals surface area contributed by atoms with Crippen molar-refractivity contribution < 1.29 is 0 Å². The highest BCUT2D eigenvalue weighted by atomic mass is 15.2. The van der Waals surface area contributed by atoms with E-state index < -0.39 is 0 Å². The molecule has 0 saturated carbocycles. The molecule has 0 aliphatic carbocycles. The molecule has 27 heavy (non-hydrogen) atoms. The Morgan fingerprint density at radius 3 is 2.63 bits per heavy atom. The molecule has 2 heterocycles. The maximum absolute atomic E-state index is 4.40. The smallest absolute Gasteiger partial charge is 0.191 e. The van der Waals surface area contributed by atoms with Crippen molar-refractivity contribution in [3.8, 4) is 0 Å². The van der Waals surface area contributed by atoms with E-state index in [0.29, 0.717) is 6.04 Å². The normalized spacial score (nSPS) is 16.3. The molecule has 144 valence electrons. The van der Waals surface area contributed by atoms with Crippen molar-refractivity contribution in [2.45, 2.75) is 32.2 Å². The molecule has 3 rings (SSSR count). The molecule has 5 nitrogen and oxygen atoms in total. The summed E-state index contributed by atoms with van der Waals surface area (Å²) in [5.74, 6) is 0.863. The number of pyridine rings is 1. The molecule has 2 aromatic rings. The fourth-order valence-electron chi connectivity index (χ4n) is 3.70. The quantitative estimate of drug-likeness (QED) is 0.585. The number of hydrogen-bond donors (Lipinski definition) is 2. The molecule has 1 aliphatic heterocycles. The van der Waals surface area contributed by atoms with E-state index in [9.17, 15) is 0 Å². The zero-order valence-corrected chi connectivity index (χ0v) is 16.5. The number of likely N-dealkylation sites (tertiary alicyclic amines) is 1. The van der Waals surface area contributed by atoms with Crippen LogP contribution in [0, 0.1) is 6.92 Å². The Kier molecular flexibility index (Phi) is 7.22. The Morgan fingerprint density at radius 2 is 1.93 bits per heavy atom. The molecule has 1 aromatic carbocycles. The van der Waals surface area contributed by atoms with Gasteiger partial charge in [0.25, 0.3) is 0 Å². The molecule has 0 amide bonds. The van der Waals surface area contributed by atoms with Gasteiger partial charge in [-0.15, -0.1) is 0 Å². The molecule has 0 bridgehead atoms. The molecular weight excluding hydrogens is 334 g/mol. The third kappa shape index (κ3) is 5.54. The van der Waals surface area contributed by atoms with E-state index in [1.807, 2.05) is 19.4 Å². The van der Waals surface area contributed by atoms with Crippen molar-refractivity contribution in [3.63, 3.8) is 0 Å². The highest BCUT2D eigenvalue weighted by molar-refractivity contribution is 5.79. The van der Waals surface area contributed by atoms with Gasteiger partial charge < -0.3 is 10.6 Å². The van der Waals surface area contributed by atoms with Crippen LogP contribution >= 0.6 is 0 Å². The van der Waals surface area contributed by atoms with E-state index in [0.717, 1.165) is 25.5 Å². The van der Waals surface area contributed by atoms with Crippen molar-refractivity contribution in [2.75, 3.05) is 33.2 Å². The molecule has 0 radical (unpaired) electrons. The minimum Gasteiger partial charge on any atom is -0.356 e. The lowest BCUT2D eigenvalue weighted by Crippen LogP contribution is -2.43. The van der Waals surface area contributed by atoms with Gasteiger partial charge in [0.1, 0.15) is 0 Å². The van der Waals surface area contributed by atoms with Gasteiger partial charge in [0, 0.05) is 32.5 Å². The first-order valence-corrected chi connectivity index (χ1v) is 9.91. The predicted octanol–water partition coefficient (Wildman–Crippen LogP) is 2.93. The average molecular weight is 366 g/mol. The first-order valence-electron chi connectivity index (χ1n) is 9.91. The van der Waals surface area contributed by atoms with Gasteiger partial charge in [0.05, 0.1) is 6.04 Å². The van der Waals surface area contributed by atoms with Crippen LogP contribution in [0.1, 0.15) is 35.6 Å². The lowest BCUT2D eigenvalue weighted by Gasteiger charge is -2.29. The lowest BCUT2D eigenvalue weighted by atomic mass is 10.1. The van der Waals surface area contributed by atoms with Gasteiger partial charge >= 0.3 is 0 Å². The van der Waals surface area contributed by atoms with Crippen molar-refractivity contribution >= 4 is 5.96 Å². The monoisotopic (exact) mass is 365 g/mol. The van der Waals surface area contributed by atoms with Gasteiger partial charge in [-0.2, -0.15) is 0 Å². The Bertz CT molecular complexity index is 722. The number of benzene rings is 1. The molecule has 1 aromatic heterocycles. The van der Waals surface area contributed by atoms with Crippen molar-refractivity contribution in [1.82, 2.24) is 20.5 Å². The summed E-state index contributed by atoms with van der Waals surface area (Å²) in [4.78, 5) is 11.1. The summed E-state index contributed by atoms with van der Waals surface area (Å²) in [6, 6.07) is 13.3. The van der Waals surface area contributed by atoms with Crippen LogP contribution in [0.2, 0.25) is 0 Å². The first kappa shape index (κ1) is 19.4. The number of rotatable bonds is 7. The van der Waals surface area contributed by atoms with Gasteiger partial charge in [-0.3, -0.25) is 14.9 Å². The number of aromatic nitrogens is 1. The zero-order chi connectivity index (χ0) is 18.9. The highest BCUT2D eigenvalue weighted by Gasteiger charge is 2.23. The SMILES string of the molecule is CN=C(NCCc1ccncc1C)NCC(c1ccccc1)N1CCCC1. The van der Waals surface area contributed by atoms with E-state index in [1.165, 1.54) is 42.6 Å². The number of hydrogen-bond acceptors (Lipinski definition) is 3. The zero-order valence-electron chi connectivity index (χ0n) is 16.5. The van der Waals surface area contributed by atoms with Crippen molar-refractivity contribution in [2.24, 2.45) is 4.99 Å². The number of aliphatic imine (C=N–C) groups is 1. The van der Waals surface area contributed by atoms with E-state index in [1.54, 1.807) is 0 Å². The second-order valence-corrected chi connectivity index (χ2v) is 7.10. The molecule has 1 unspecified atom stereocenters. The van der Waals surface area contributed by atoms with Gasteiger partial charge in [-0.1, -0.05) is 30.3 Å². The summed E-state index contributed by atoms with van der Waals surface area (Å²) in [5.41, 5.74) is 3.93. The third-order valence-corrected chi connectivity index (χ3v) is 5.28. The summed E-state index contributed by atoms with van der Waals surface area (Å²) in [7, 11) is 1.83. The molecule has 1 aliphatic rings. The van der Waals surface area contributed by atoms with Gasteiger partial charge in [-0.25, -0.2) is 0 Å². The fourth-order valence-corrected chi connectivity index (χ4v) is 3.70. The second kappa shape index (κ2) is 10.1. The van der Waals surface area contributed by atoms with Crippen LogP contribution in [0.3, 0.4) is 0 Å². The van der Waals surface area contributed by atoms with Gasteiger partial charge in [-0.05, 0) is 62.0 Å². The van der Waals surface area contributed by atoms with E-state index in [2.05, 4.69) is 68.8 Å². The van der Waals surface area contributed by atoms with Crippen LogP contribution in [-0.4, -0.2) is 49.1 Å². The minimum absolute atomic E-state index is 0.384. The summed E-state index contributed by atoms with van der Waals surface area (Å²) in [6.45, 7) is 6.17. The fraction of sp³-hybridized carbons (Fsp3) is 0.455. The Balaban J connectivity index is 1.54. The first-order chi connectivity index (χ1) is 13.3. The van der Waals surface area contributed by atoms with Gasteiger partial charge in [0.15, 0.2) is 5.96 Å². The maximum Gasteiger partial charge on any atom is 0.191 e. The van der Waals surface area contributed by atoms with E-state index >= 15 is 0 Å². The number of nitrogens with one attached hydrogen (secondary N) is 2. The highest BCUT2D eigenvalue weighted by Crippen LogP contribution is 2.24. The number of nitrogens with zero attached hydrogens (tertiary/aromatic N) is 3. The molecule has 2 N–H and O–H groups in total. The summed E-state index contributed by atoms with van der Waals surface area (Å²) < 4.78 is 0. The van der Waals surface area contributed by atoms with Gasteiger partial charge in [0.2, 0.25) is 0 Å². The summed E-state index contributed by atoms with van der Waals surface area (Å²) in [5, 5.41) is 6.97. The summed E-state index contributed by atoms with van der Waals surface area (Å²) >= 11 is 0. The molecular formula is C22H31N5. The van der Waals surface area contributed by atoms with E-state index in [4.69, 9.17) is 0 Å². The van der Waals surface area contributed by atoms with E-state index in [-0.39, 0.29) is 0 Å². The second-order valence-electron chi connectivity index (χ2n) is 7.10. The standard InChI is InChI=1S/C22H31N5/c1-18-16-24-12-10-19(18)11-13-25-22(23-2)26-17-21(27-14-6-7-15-27)20-8-4-3-5-9-20/h3-5,8-10,12,16,21H,6-7,11,13-15,17H2,1-2H3,(H2,23,25,26). The number of aryl methyl sites for hydroxylation is 1. The molecule has 1 fully saturated rings. The molecule has 1 atom stereocenters.